The van der Waals surface area contributed by atoms with Gasteiger partial charge in [0.05, 0.1) is 0 Å². The minimum absolute atomic E-state index is 1.12. The van der Waals surface area contributed by atoms with Gasteiger partial charge in [0.25, 0.3) is 0 Å². The molecule has 0 aliphatic heterocycles. The Morgan fingerprint density at radius 2 is 1.25 bits per heavy atom. The molecule has 0 fully saturated rings. The molecule has 0 unspecified atom stereocenters. The first-order valence-electron chi connectivity index (χ1n) is 14.1. The van der Waals surface area contributed by atoms with Crippen molar-refractivity contribution in [3.8, 4) is 32.7 Å². The summed E-state index contributed by atoms with van der Waals surface area (Å²) >= 11 is 1.86. The van der Waals surface area contributed by atoms with Gasteiger partial charge >= 0.3 is 0 Å². The van der Waals surface area contributed by atoms with E-state index < -0.39 is 0 Å². The molecule has 1 heteroatoms. The topological polar surface area (TPSA) is 0 Å². The van der Waals surface area contributed by atoms with Crippen LogP contribution in [-0.4, -0.2) is 0 Å². The average Bonchev–Trinajstić information content (AvgIpc) is 3.45. The van der Waals surface area contributed by atoms with Gasteiger partial charge in [0.1, 0.15) is 0 Å². The molecule has 8 rings (SSSR count). The summed E-state index contributed by atoms with van der Waals surface area (Å²) in [5.74, 6) is 0. The Balaban J connectivity index is 1.49. The van der Waals surface area contributed by atoms with Gasteiger partial charge < -0.3 is 0 Å². The zero-order valence-corrected chi connectivity index (χ0v) is 23.3. The van der Waals surface area contributed by atoms with Crippen LogP contribution in [0.15, 0.2) is 121 Å². The first-order chi connectivity index (χ1) is 19.7. The lowest BCUT2D eigenvalue weighted by Gasteiger charge is -2.20. The Morgan fingerprint density at radius 3 is 2.08 bits per heavy atom. The van der Waals surface area contributed by atoms with Crippen molar-refractivity contribution in [1.82, 2.24) is 0 Å². The maximum Gasteiger partial charge on any atom is 0.0345 e. The third kappa shape index (κ3) is 3.81. The largest absolute Gasteiger partial charge is 0.141 e. The van der Waals surface area contributed by atoms with E-state index in [0.717, 1.165) is 12.8 Å². The fourth-order valence-electron chi connectivity index (χ4n) is 6.47. The SMILES string of the molecule is Cc1ccc(-c2ccc3c(-c4ccc5c(c4)C=CCC5)c4ccccc4c(-c4ccc5ccccc5c4)c3c2)s1. The van der Waals surface area contributed by atoms with Crippen LogP contribution in [0.5, 0.6) is 0 Å². The molecule has 0 radical (unpaired) electrons. The van der Waals surface area contributed by atoms with Crippen LogP contribution in [0.3, 0.4) is 0 Å². The molecule has 1 aliphatic carbocycles. The number of rotatable bonds is 3. The molecule has 0 nitrogen and oxygen atoms in total. The van der Waals surface area contributed by atoms with E-state index in [-0.39, 0.29) is 0 Å². The van der Waals surface area contributed by atoms with E-state index in [0.29, 0.717) is 0 Å². The summed E-state index contributed by atoms with van der Waals surface area (Å²) < 4.78 is 0. The lowest BCUT2D eigenvalue weighted by Crippen LogP contribution is -1.96. The van der Waals surface area contributed by atoms with E-state index in [2.05, 4.69) is 134 Å². The molecule has 1 heterocycles. The Bertz CT molecular complexity index is 2120. The summed E-state index contributed by atoms with van der Waals surface area (Å²) in [4.78, 5) is 2.66. The number of hydrogen-bond donors (Lipinski definition) is 0. The number of thiophene rings is 1. The van der Waals surface area contributed by atoms with Crippen molar-refractivity contribution < 1.29 is 0 Å². The van der Waals surface area contributed by atoms with E-state index in [4.69, 9.17) is 0 Å². The fraction of sp³-hybridized carbons (Fsp3) is 0.0769. The van der Waals surface area contributed by atoms with Crippen molar-refractivity contribution in [1.29, 1.82) is 0 Å². The van der Waals surface area contributed by atoms with Crippen LogP contribution in [0.2, 0.25) is 0 Å². The number of fused-ring (bicyclic) bond motifs is 4. The Kier molecular flexibility index (Phi) is 5.46. The van der Waals surface area contributed by atoms with Gasteiger partial charge in [-0.25, -0.2) is 0 Å². The summed E-state index contributed by atoms with van der Waals surface area (Å²) in [5.41, 5.74) is 9.27. The van der Waals surface area contributed by atoms with Crippen LogP contribution in [0.4, 0.5) is 0 Å². The molecular weight excluding hydrogens is 500 g/mol. The van der Waals surface area contributed by atoms with E-state index in [1.807, 2.05) is 11.3 Å². The first-order valence-corrected chi connectivity index (χ1v) is 14.9. The van der Waals surface area contributed by atoms with Crippen LogP contribution in [0.25, 0.3) is 71.1 Å². The molecule has 0 bridgehead atoms. The average molecular weight is 529 g/mol. The number of hydrogen-bond acceptors (Lipinski definition) is 1. The van der Waals surface area contributed by atoms with Crippen molar-refractivity contribution in [2.75, 3.05) is 0 Å². The molecule has 0 N–H and O–H groups in total. The third-order valence-electron chi connectivity index (χ3n) is 8.40. The highest BCUT2D eigenvalue weighted by Crippen LogP contribution is 2.46. The molecule has 7 aromatic rings. The van der Waals surface area contributed by atoms with Gasteiger partial charge in [0.2, 0.25) is 0 Å². The summed E-state index contributed by atoms with van der Waals surface area (Å²) in [6.45, 7) is 2.19. The van der Waals surface area contributed by atoms with E-state index in [9.17, 15) is 0 Å². The maximum atomic E-state index is 2.43. The molecule has 1 aliphatic rings. The van der Waals surface area contributed by atoms with Gasteiger partial charge in [-0.05, 0) is 121 Å². The Hall–Kier alpha value is -4.46. The molecule has 40 heavy (non-hydrogen) atoms. The molecule has 0 amide bonds. The number of benzene rings is 6. The van der Waals surface area contributed by atoms with Gasteiger partial charge in [-0.3, -0.25) is 0 Å². The van der Waals surface area contributed by atoms with E-state index in [1.54, 1.807) is 0 Å². The second-order valence-electron chi connectivity index (χ2n) is 10.9. The minimum Gasteiger partial charge on any atom is -0.141 e. The Labute approximate surface area is 238 Å². The van der Waals surface area contributed by atoms with Crippen molar-refractivity contribution >= 4 is 49.7 Å². The highest BCUT2D eigenvalue weighted by molar-refractivity contribution is 7.15. The lowest BCUT2D eigenvalue weighted by atomic mass is 9.84. The van der Waals surface area contributed by atoms with E-state index in [1.165, 1.54) is 81.0 Å². The zero-order chi connectivity index (χ0) is 26.6. The second kappa shape index (κ2) is 9.33. The van der Waals surface area contributed by atoms with Crippen LogP contribution in [-0.2, 0) is 6.42 Å². The molecule has 1 aromatic heterocycles. The monoisotopic (exact) mass is 528 g/mol. The molecule has 0 saturated heterocycles. The number of aryl methyl sites for hydroxylation is 2. The van der Waals surface area contributed by atoms with Crippen molar-refractivity contribution in [2.24, 2.45) is 0 Å². The smallest absolute Gasteiger partial charge is 0.0345 e. The maximum absolute atomic E-state index is 2.43. The summed E-state index contributed by atoms with van der Waals surface area (Å²) in [5, 5.41) is 7.76. The predicted molar refractivity (Wildman–Crippen MR) is 175 cm³/mol. The van der Waals surface area contributed by atoms with Gasteiger partial charge in [0, 0.05) is 9.75 Å². The molecule has 6 aromatic carbocycles. The highest BCUT2D eigenvalue weighted by atomic mass is 32.1. The van der Waals surface area contributed by atoms with Crippen LogP contribution in [0.1, 0.15) is 22.4 Å². The molecule has 0 atom stereocenters. The molecule has 0 spiro atoms. The standard InChI is InChI=1S/C39H28S/c1-25-14-21-37(40-25)30-19-20-35-36(24-30)39(32-18-16-27-9-3-5-11-29(27)23-32)34-13-7-6-12-33(34)38(35)31-17-15-26-8-2-4-10-28(26)22-31/h3-7,9-24H,2,8H2,1H3. The number of allylic oxidation sites excluding steroid dienone is 1. The summed E-state index contributed by atoms with van der Waals surface area (Å²) in [7, 11) is 0. The van der Waals surface area contributed by atoms with Gasteiger partial charge in [0.15, 0.2) is 0 Å². The molecular formula is C39H28S. The second-order valence-corrected chi connectivity index (χ2v) is 12.2. The highest BCUT2D eigenvalue weighted by Gasteiger charge is 2.19. The fourth-order valence-corrected chi connectivity index (χ4v) is 7.33. The lowest BCUT2D eigenvalue weighted by molar-refractivity contribution is 0.986. The third-order valence-corrected chi connectivity index (χ3v) is 9.45. The zero-order valence-electron chi connectivity index (χ0n) is 22.4. The van der Waals surface area contributed by atoms with Gasteiger partial charge in [-0.1, -0.05) is 97.1 Å². The van der Waals surface area contributed by atoms with Crippen LogP contribution >= 0.6 is 11.3 Å². The van der Waals surface area contributed by atoms with Gasteiger partial charge in [-0.15, -0.1) is 11.3 Å². The van der Waals surface area contributed by atoms with Crippen molar-refractivity contribution in [2.45, 2.75) is 19.8 Å². The van der Waals surface area contributed by atoms with Crippen LogP contribution < -0.4 is 0 Å². The van der Waals surface area contributed by atoms with E-state index >= 15 is 0 Å². The quantitative estimate of drug-likeness (QED) is 0.200. The molecule has 0 saturated carbocycles. The normalized spacial score (nSPS) is 12.8. The van der Waals surface area contributed by atoms with Crippen molar-refractivity contribution in [3.63, 3.8) is 0 Å². The summed E-state index contributed by atoms with van der Waals surface area (Å²) in [6, 6.07) is 43.2. The predicted octanol–water partition coefficient (Wildman–Crippen LogP) is 11.5. The first kappa shape index (κ1) is 23.4. The van der Waals surface area contributed by atoms with Gasteiger partial charge in [-0.2, -0.15) is 0 Å². The Morgan fingerprint density at radius 1 is 0.550 bits per heavy atom. The van der Waals surface area contributed by atoms with Crippen LogP contribution in [0, 0.1) is 6.92 Å². The minimum atomic E-state index is 1.12. The molecule has 190 valence electrons. The van der Waals surface area contributed by atoms with Crippen molar-refractivity contribution in [3.05, 3.63) is 137 Å². The summed E-state index contributed by atoms with van der Waals surface area (Å²) in [6.07, 6.45) is 6.86.